The van der Waals surface area contributed by atoms with Crippen LogP contribution in [0.4, 0.5) is 5.82 Å². The lowest BCUT2D eigenvalue weighted by Crippen LogP contribution is -2.37. The van der Waals surface area contributed by atoms with Gasteiger partial charge in [0.25, 0.3) is 5.91 Å². The van der Waals surface area contributed by atoms with Crippen LogP contribution in [0.15, 0.2) is 6.33 Å². The van der Waals surface area contributed by atoms with Crippen LogP contribution in [0.5, 0.6) is 0 Å². The molecule has 29 heavy (non-hydrogen) atoms. The van der Waals surface area contributed by atoms with Gasteiger partial charge in [0.15, 0.2) is 17.7 Å². The zero-order valence-electron chi connectivity index (χ0n) is 15.2. The number of halogens is 1. The van der Waals surface area contributed by atoms with E-state index in [2.05, 4.69) is 20.3 Å². The topological polar surface area (TPSA) is 195 Å². The molecule has 3 heterocycles. The summed E-state index contributed by atoms with van der Waals surface area (Å²) in [6, 6.07) is 0. The molecule has 0 unspecified atom stereocenters. The molecule has 1 amide bonds. The lowest BCUT2D eigenvalue weighted by atomic mass is 10.2. The minimum Gasteiger partial charge on any atom is -0.388 e. The molecule has 0 spiro atoms. The fraction of sp³-hybridized carbons (Fsp3) is 0.571. The average Bonchev–Trinajstić information content (AvgIpc) is 3.17. The molecule has 160 valence electrons. The molecular formula is C14H20ClN6O7P. The van der Waals surface area contributed by atoms with Crippen LogP contribution in [0.3, 0.4) is 0 Å². The van der Waals surface area contributed by atoms with E-state index in [-0.39, 0.29) is 41.8 Å². The maximum absolute atomic E-state index is 11.9. The summed E-state index contributed by atoms with van der Waals surface area (Å²) in [5, 5.41) is 12.6. The standard InChI is InChI=1S/C14H20ClN6O7P/c1-2-17-11(23)13(29(24,25)26)27-4-6-3-7(22)12(28-6)21-5-18-8-9(16)19-14(15)20-10(8)21/h5-7,12-13,22H,2-4H2,1H3,(H,17,23)(H2,16,19,20)(H2,24,25,26)/t6-,7+,12+,13+/m0/s1. The van der Waals surface area contributed by atoms with Crippen LogP contribution in [0, 0.1) is 0 Å². The summed E-state index contributed by atoms with van der Waals surface area (Å²) in [4.78, 5) is 42.5. The largest absolute Gasteiger partial charge is 0.388 e. The fourth-order valence-electron chi connectivity index (χ4n) is 2.97. The predicted octanol–water partition coefficient (Wildman–Crippen LogP) is -0.633. The van der Waals surface area contributed by atoms with E-state index in [1.807, 2.05) is 0 Å². The summed E-state index contributed by atoms with van der Waals surface area (Å²) < 4.78 is 23.8. The maximum Gasteiger partial charge on any atom is 0.363 e. The van der Waals surface area contributed by atoms with Gasteiger partial charge in [0.1, 0.15) is 11.6 Å². The molecule has 1 aliphatic heterocycles. The van der Waals surface area contributed by atoms with Crippen LogP contribution < -0.4 is 11.1 Å². The number of likely N-dealkylation sites (N-methyl/N-ethyl adjacent to an activating group) is 1. The van der Waals surface area contributed by atoms with Crippen LogP contribution in [-0.4, -0.2) is 71.5 Å². The van der Waals surface area contributed by atoms with Gasteiger partial charge in [-0.25, -0.2) is 4.98 Å². The molecule has 13 nitrogen and oxygen atoms in total. The van der Waals surface area contributed by atoms with Gasteiger partial charge >= 0.3 is 7.60 Å². The Bertz CT molecular complexity index is 952. The highest BCUT2D eigenvalue weighted by atomic mass is 35.5. The number of carbonyl (C=O) groups is 1. The fourth-order valence-corrected chi connectivity index (χ4v) is 3.82. The van der Waals surface area contributed by atoms with E-state index in [0.717, 1.165) is 0 Å². The second-order valence-electron chi connectivity index (χ2n) is 6.32. The average molecular weight is 451 g/mol. The molecule has 0 radical (unpaired) electrons. The number of hydrogen-bond acceptors (Lipinski definition) is 9. The highest BCUT2D eigenvalue weighted by Gasteiger charge is 2.40. The minimum absolute atomic E-state index is 0.0672. The number of nitrogens with two attached hydrogens (primary N) is 1. The Kier molecular flexibility index (Phi) is 6.39. The van der Waals surface area contributed by atoms with Crippen molar-refractivity contribution in [3.63, 3.8) is 0 Å². The summed E-state index contributed by atoms with van der Waals surface area (Å²) in [7, 11) is -4.85. The number of aliphatic hydroxyl groups excluding tert-OH is 1. The van der Waals surface area contributed by atoms with Gasteiger partial charge in [-0.3, -0.25) is 13.9 Å². The molecule has 2 aromatic heterocycles. The zero-order chi connectivity index (χ0) is 21.3. The number of carbonyl (C=O) groups excluding carboxylic acids is 1. The molecule has 0 saturated carbocycles. The Balaban J connectivity index is 1.73. The molecule has 15 heteroatoms. The number of nitrogens with zero attached hydrogens (tertiary/aromatic N) is 4. The quantitative estimate of drug-likeness (QED) is 0.266. The lowest BCUT2D eigenvalue weighted by Gasteiger charge is -2.20. The predicted molar refractivity (Wildman–Crippen MR) is 99.7 cm³/mol. The summed E-state index contributed by atoms with van der Waals surface area (Å²) in [5.74, 6) is -2.83. The normalized spacial score (nSPS) is 23.4. The van der Waals surface area contributed by atoms with E-state index in [4.69, 9.17) is 26.8 Å². The van der Waals surface area contributed by atoms with Crippen LogP contribution >= 0.6 is 19.2 Å². The van der Waals surface area contributed by atoms with E-state index in [1.165, 1.54) is 10.9 Å². The molecule has 2 aromatic rings. The van der Waals surface area contributed by atoms with Crippen LogP contribution in [-0.2, 0) is 18.8 Å². The SMILES string of the molecule is CCNC(=O)[C@H](OC[C@@H]1C[C@@H](O)[C@H](n2cnc3c(N)nc(Cl)nc32)O1)P(=O)(O)O. The number of ether oxygens (including phenoxy) is 2. The first-order chi connectivity index (χ1) is 13.6. The van der Waals surface area contributed by atoms with Gasteiger partial charge in [0.05, 0.1) is 19.0 Å². The van der Waals surface area contributed by atoms with Crippen molar-refractivity contribution in [1.29, 1.82) is 0 Å². The van der Waals surface area contributed by atoms with Gasteiger partial charge < -0.3 is 35.4 Å². The Morgan fingerprint density at radius 2 is 2.28 bits per heavy atom. The van der Waals surface area contributed by atoms with Gasteiger partial charge in [-0.05, 0) is 18.5 Å². The van der Waals surface area contributed by atoms with E-state index >= 15 is 0 Å². The van der Waals surface area contributed by atoms with Gasteiger partial charge in [0.2, 0.25) is 11.1 Å². The van der Waals surface area contributed by atoms with Crippen molar-refractivity contribution >= 4 is 42.1 Å². The molecule has 3 rings (SSSR count). The van der Waals surface area contributed by atoms with Crippen molar-refractivity contribution < 1.29 is 33.7 Å². The zero-order valence-corrected chi connectivity index (χ0v) is 16.8. The van der Waals surface area contributed by atoms with E-state index in [9.17, 15) is 24.3 Å². The van der Waals surface area contributed by atoms with E-state index in [0.29, 0.717) is 0 Å². The Morgan fingerprint density at radius 3 is 2.93 bits per heavy atom. The third kappa shape index (κ3) is 4.67. The monoisotopic (exact) mass is 450 g/mol. The Morgan fingerprint density at radius 1 is 1.55 bits per heavy atom. The molecule has 1 saturated heterocycles. The molecule has 1 fully saturated rings. The van der Waals surface area contributed by atoms with Crippen molar-refractivity contribution in [2.24, 2.45) is 0 Å². The van der Waals surface area contributed by atoms with Gasteiger partial charge in [-0.2, -0.15) is 9.97 Å². The van der Waals surface area contributed by atoms with Crippen LogP contribution in [0.2, 0.25) is 5.28 Å². The molecule has 0 bridgehead atoms. The van der Waals surface area contributed by atoms with Gasteiger partial charge in [-0.15, -0.1) is 0 Å². The molecule has 6 N–H and O–H groups in total. The first kappa shape index (κ1) is 21.8. The van der Waals surface area contributed by atoms with Gasteiger partial charge in [0, 0.05) is 13.0 Å². The van der Waals surface area contributed by atoms with Crippen molar-refractivity contribution in [2.45, 2.75) is 37.6 Å². The number of aliphatic hydroxyl groups is 1. The summed E-state index contributed by atoms with van der Waals surface area (Å²) in [5.41, 5.74) is 6.29. The number of amides is 1. The van der Waals surface area contributed by atoms with Crippen molar-refractivity contribution in [2.75, 3.05) is 18.9 Å². The summed E-state index contributed by atoms with van der Waals surface area (Å²) >= 11 is 5.83. The first-order valence-electron chi connectivity index (χ1n) is 8.55. The summed E-state index contributed by atoms with van der Waals surface area (Å²) in [6.07, 6.45) is -1.23. The number of nitrogens with one attached hydrogen (secondary N) is 1. The summed E-state index contributed by atoms with van der Waals surface area (Å²) in [6.45, 7) is 1.46. The molecule has 1 aliphatic rings. The molecular weight excluding hydrogens is 431 g/mol. The van der Waals surface area contributed by atoms with Crippen molar-refractivity contribution in [3.8, 4) is 0 Å². The first-order valence-corrected chi connectivity index (χ1v) is 10.6. The van der Waals surface area contributed by atoms with Crippen molar-refractivity contribution in [3.05, 3.63) is 11.6 Å². The van der Waals surface area contributed by atoms with Crippen LogP contribution in [0.1, 0.15) is 19.6 Å². The van der Waals surface area contributed by atoms with Gasteiger partial charge in [-0.1, -0.05) is 0 Å². The number of aromatic nitrogens is 4. The third-order valence-electron chi connectivity index (χ3n) is 4.18. The minimum atomic E-state index is -4.85. The number of imidazole rings is 1. The Labute approximate surface area is 169 Å². The number of hydrogen-bond donors (Lipinski definition) is 5. The number of anilines is 1. The third-order valence-corrected chi connectivity index (χ3v) is 5.35. The second-order valence-corrected chi connectivity index (χ2v) is 8.31. The highest BCUT2D eigenvalue weighted by molar-refractivity contribution is 7.53. The maximum atomic E-state index is 11.9. The molecule has 0 aliphatic carbocycles. The van der Waals surface area contributed by atoms with Crippen molar-refractivity contribution in [1.82, 2.24) is 24.8 Å². The number of fused-ring (bicyclic) bond motifs is 1. The number of nitrogen functional groups attached to an aromatic ring is 1. The number of rotatable bonds is 7. The van der Waals surface area contributed by atoms with E-state index in [1.54, 1.807) is 6.92 Å². The van der Waals surface area contributed by atoms with E-state index < -0.39 is 37.8 Å². The smallest absolute Gasteiger partial charge is 0.363 e. The van der Waals surface area contributed by atoms with Crippen LogP contribution in [0.25, 0.3) is 11.2 Å². The molecule has 0 aromatic carbocycles. The second kappa shape index (κ2) is 8.48. The molecule has 4 atom stereocenters. The highest BCUT2D eigenvalue weighted by Crippen LogP contribution is 2.42. The lowest BCUT2D eigenvalue weighted by molar-refractivity contribution is -0.131. The Hall–Kier alpha value is -1.86.